The molecule has 0 aliphatic rings. The van der Waals surface area contributed by atoms with Crippen LogP contribution in [0.5, 0.6) is 0 Å². The van der Waals surface area contributed by atoms with Gasteiger partial charge in [-0.05, 0) is 90.9 Å². The smallest absolute Gasteiger partial charge is 0.338 e. The second-order valence-corrected chi connectivity index (χ2v) is 11.5. The first-order valence-electron chi connectivity index (χ1n) is 15.1. The number of amides is 3. The number of hydrogen-bond acceptors (Lipinski definition) is 7. The molecule has 10 heteroatoms. The van der Waals surface area contributed by atoms with E-state index in [1.807, 2.05) is 42.5 Å². The third-order valence-corrected chi connectivity index (χ3v) is 8.16. The molecule has 1 atom stereocenters. The molecule has 3 amide bonds. The van der Waals surface area contributed by atoms with Gasteiger partial charge in [0.1, 0.15) is 10.9 Å². The number of carbonyl (C=O) groups is 4. The molecular formula is C38H32N4O5S. The van der Waals surface area contributed by atoms with Crippen LogP contribution in [0.25, 0.3) is 6.08 Å². The van der Waals surface area contributed by atoms with Crippen molar-refractivity contribution in [1.82, 2.24) is 10.3 Å². The van der Waals surface area contributed by atoms with Crippen molar-refractivity contribution in [2.75, 3.05) is 17.2 Å². The topological polar surface area (TPSA) is 126 Å². The van der Waals surface area contributed by atoms with Crippen LogP contribution in [0.4, 0.5) is 11.4 Å². The Balaban J connectivity index is 1.29. The number of nitrogens with one attached hydrogen (secondary N) is 3. The molecule has 0 fully saturated rings. The number of hydrogen-bond donors (Lipinski definition) is 3. The van der Waals surface area contributed by atoms with Gasteiger partial charge in [-0.3, -0.25) is 19.4 Å². The van der Waals surface area contributed by atoms with Gasteiger partial charge >= 0.3 is 5.97 Å². The standard InChI is InChI=1S/C38H32N4O5S/c1-2-47-38(46)29-15-17-30(18-16-29)41-37(45)34(27-11-5-3-6-12-27)48-32-21-19-31(20-22-32)40-36(44)33(24-26-10-9-23-39-25-26)42-35(43)28-13-7-4-8-14-28/h3-25,34H,2H2,1H3,(H,40,44)(H,41,45)(H,42,43)/b33-24-. The quantitative estimate of drug-likeness (QED) is 0.0740. The number of benzene rings is 4. The van der Waals surface area contributed by atoms with E-state index in [4.69, 9.17) is 4.74 Å². The highest BCUT2D eigenvalue weighted by Gasteiger charge is 2.23. The Morgan fingerprint density at radius 3 is 2.04 bits per heavy atom. The maximum absolute atomic E-state index is 13.5. The lowest BCUT2D eigenvalue weighted by Crippen LogP contribution is -2.30. The summed E-state index contributed by atoms with van der Waals surface area (Å²) in [4.78, 5) is 56.7. The molecule has 0 aliphatic heterocycles. The van der Waals surface area contributed by atoms with Gasteiger partial charge in [-0.1, -0.05) is 54.6 Å². The van der Waals surface area contributed by atoms with Crippen LogP contribution in [0.15, 0.2) is 144 Å². The first-order chi connectivity index (χ1) is 23.4. The van der Waals surface area contributed by atoms with Crippen LogP contribution in [-0.4, -0.2) is 35.3 Å². The average molecular weight is 657 g/mol. The molecule has 1 heterocycles. The molecule has 0 spiro atoms. The molecule has 48 heavy (non-hydrogen) atoms. The SMILES string of the molecule is CCOC(=O)c1ccc(NC(=O)C(Sc2ccc(NC(=O)/C(=C/c3cccnc3)NC(=O)c3ccccc3)cc2)c2ccccc2)cc1. The molecule has 3 N–H and O–H groups in total. The highest BCUT2D eigenvalue weighted by atomic mass is 32.2. The van der Waals surface area contributed by atoms with Crippen molar-refractivity contribution >= 4 is 52.9 Å². The number of pyridine rings is 1. The predicted molar refractivity (Wildman–Crippen MR) is 187 cm³/mol. The number of nitrogens with zero attached hydrogens (tertiary/aromatic N) is 1. The van der Waals surface area contributed by atoms with Gasteiger partial charge < -0.3 is 20.7 Å². The van der Waals surface area contributed by atoms with Crippen molar-refractivity contribution in [3.63, 3.8) is 0 Å². The Kier molecular flexibility index (Phi) is 11.5. The first-order valence-corrected chi connectivity index (χ1v) is 16.0. The maximum atomic E-state index is 13.5. The largest absolute Gasteiger partial charge is 0.462 e. The van der Waals surface area contributed by atoms with Crippen molar-refractivity contribution in [2.24, 2.45) is 0 Å². The Hall–Kier alpha value is -6.00. The summed E-state index contributed by atoms with van der Waals surface area (Å²) in [6.07, 6.45) is 4.77. The molecule has 0 aliphatic carbocycles. The van der Waals surface area contributed by atoms with Gasteiger partial charge in [0, 0.05) is 34.2 Å². The van der Waals surface area contributed by atoms with Crippen molar-refractivity contribution in [3.8, 4) is 0 Å². The minimum Gasteiger partial charge on any atom is -0.462 e. The van der Waals surface area contributed by atoms with Crippen molar-refractivity contribution < 1.29 is 23.9 Å². The van der Waals surface area contributed by atoms with E-state index in [9.17, 15) is 19.2 Å². The van der Waals surface area contributed by atoms with Crippen molar-refractivity contribution in [3.05, 3.63) is 162 Å². The average Bonchev–Trinajstić information content (AvgIpc) is 3.12. The Morgan fingerprint density at radius 1 is 0.750 bits per heavy atom. The molecule has 9 nitrogen and oxygen atoms in total. The van der Waals surface area contributed by atoms with E-state index in [2.05, 4.69) is 20.9 Å². The second-order valence-electron chi connectivity index (χ2n) is 10.3. The van der Waals surface area contributed by atoms with Gasteiger partial charge in [0.25, 0.3) is 11.8 Å². The molecule has 4 aromatic carbocycles. The van der Waals surface area contributed by atoms with Crippen LogP contribution in [0.1, 0.15) is 44.0 Å². The maximum Gasteiger partial charge on any atom is 0.338 e. The zero-order valence-electron chi connectivity index (χ0n) is 26.0. The van der Waals surface area contributed by atoms with E-state index >= 15 is 0 Å². The molecule has 0 saturated heterocycles. The van der Waals surface area contributed by atoms with Crippen molar-refractivity contribution in [1.29, 1.82) is 0 Å². The van der Waals surface area contributed by atoms with Crippen LogP contribution in [0, 0.1) is 0 Å². The molecule has 1 aromatic heterocycles. The summed E-state index contributed by atoms with van der Waals surface area (Å²) in [6.45, 7) is 2.02. The Labute approximate surface area is 282 Å². The zero-order valence-corrected chi connectivity index (χ0v) is 26.8. The van der Waals surface area contributed by atoms with Crippen LogP contribution < -0.4 is 16.0 Å². The zero-order chi connectivity index (χ0) is 33.7. The van der Waals surface area contributed by atoms with Gasteiger partial charge in [-0.25, -0.2) is 4.79 Å². The predicted octanol–water partition coefficient (Wildman–Crippen LogP) is 7.14. The number of esters is 1. The molecule has 0 radical (unpaired) electrons. The van der Waals surface area contributed by atoms with Crippen LogP contribution >= 0.6 is 11.8 Å². The van der Waals surface area contributed by atoms with Gasteiger partial charge in [0.15, 0.2) is 0 Å². The summed E-state index contributed by atoms with van der Waals surface area (Å²) >= 11 is 1.35. The highest BCUT2D eigenvalue weighted by Crippen LogP contribution is 2.37. The summed E-state index contributed by atoms with van der Waals surface area (Å²) in [7, 11) is 0. The third kappa shape index (κ3) is 9.27. The van der Waals surface area contributed by atoms with Gasteiger partial charge in [0.05, 0.1) is 12.2 Å². The number of aromatic nitrogens is 1. The third-order valence-electron chi connectivity index (χ3n) is 6.89. The number of thioether (sulfide) groups is 1. The van der Waals surface area contributed by atoms with Crippen LogP contribution in [0.2, 0.25) is 0 Å². The lowest BCUT2D eigenvalue weighted by atomic mass is 10.1. The lowest BCUT2D eigenvalue weighted by molar-refractivity contribution is -0.116. The van der Waals surface area contributed by atoms with E-state index in [1.54, 1.807) is 104 Å². The summed E-state index contributed by atoms with van der Waals surface area (Å²) in [5, 5.41) is 7.90. The molecule has 1 unspecified atom stereocenters. The Morgan fingerprint density at radius 2 is 1.40 bits per heavy atom. The van der Waals surface area contributed by atoms with Crippen LogP contribution in [-0.2, 0) is 14.3 Å². The summed E-state index contributed by atoms with van der Waals surface area (Å²) in [5.74, 6) is -1.61. The summed E-state index contributed by atoms with van der Waals surface area (Å²) in [5.41, 5.74) is 3.35. The molecule has 0 bridgehead atoms. The fourth-order valence-electron chi connectivity index (χ4n) is 4.53. The van der Waals surface area contributed by atoms with E-state index in [0.29, 0.717) is 28.1 Å². The number of rotatable bonds is 12. The minimum absolute atomic E-state index is 0.0476. The molecule has 0 saturated carbocycles. The van der Waals surface area contributed by atoms with E-state index < -0.39 is 23.0 Å². The first kappa shape index (κ1) is 33.4. The monoisotopic (exact) mass is 656 g/mol. The normalized spacial score (nSPS) is 11.6. The lowest BCUT2D eigenvalue weighted by Gasteiger charge is -2.18. The number of carbonyl (C=O) groups excluding carboxylic acids is 4. The molecule has 5 rings (SSSR count). The number of ether oxygens (including phenoxy) is 1. The van der Waals surface area contributed by atoms with E-state index in [0.717, 1.165) is 10.5 Å². The Bertz CT molecular complexity index is 1880. The highest BCUT2D eigenvalue weighted by molar-refractivity contribution is 8.00. The van der Waals surface area contributed by atoms with E-state index in [-0.39, 0.29) is 18.2 Å². The molecule has 240 valence electrons. The second kappa shape index (κ2) is 16.5. The van der Waals surface area contributed by atoms with E-state index in [1.165, 1.54) is 11.8 Å². The minimum atomic E-state index is -0.599. The van der Waals surface area contributed by atoms with Crippen molar-refractivity contribution in [2.45, 2.75) is 17.1 Å². The number of anilines is 2. The molecular weight excluding hydrogens is 625 g/mol. The van der Waals surface area contributed by atoms with Gasteiger partial charge in [-0.15, -0.1) is 11.8 Å². The van der Waals surface area contributed by atoms with Crippen LogP contribution in [0.3, 0.4) is 0 Å². The fraction of sp³-hybridized carbons (Fsp3) is 0.0789. The fourth-order valence-corrected chi connectivity index (χ4v) is 5.56. The summed E-state index contributed by atoms with van der Waals surface area (Å²) in [6, 6.07) is 35.1. The van der Waals surface area contributed by atoms with Gasteiger partial charge in [-0.2, -0.15) is 0 Å². The summed E-state index contributed by atoms with van der Waals surface area (Å²) < 4.78 is 5.03. The molecule has 5 aromatic rings. The van der Waals surface area contributed by atoms with Gasteiger partial charge in [0.2, 0.25) is 5.91 Å².